The minimum absolute atomic E-state index is 0.0539. The maximum Gasteiger partial charge on any atom is 0.349 e. The van der Waals surface area contributed by atoms with Gasteiger partial charge in [0.15, 0.2) is 0 Å². The highest BCUT2D eigenvalue weighted by Crippen LogP contribution is 2.26. The second kappa shape index (κ2) is 11.4. The van der Waals surface area contributed by atoms with E-state index in [-0.39, 0.29) is 21.8 Å². The summed E-state index contributed by atoms with van der Waals surface area (Å²) in [6, 6.07) is 19.8. The number of carbonyl (C=O) groups excluding carboxylic acids is 3. The summed E-state index contributed by atoms with van der Waals surface area (Å²) in [5, 5.41) is 12.3. The molecule has 3 aromatic carbocycles. The van der Waals surface area contributed by atoms with Crippen LogP contribution in [0.5, 0.6) is 0 Å². The molecular formula is C24H17BrClNO7. The zero-order chi connectivity index (χ0) is 24.7. The van der Waals surface area contributed by atoms with Crippen molar-refractivity contribution in [2.45, 2.75) is 12.2 Å². The topological polar surface area (TPSA) is 119 Å². The fraction of sp³-hybridized carbons (Fsp3) is 0.0833. The molecule has 0 aliphatic heterocycles. The van der Waals surface area contributed by atoms with E-state index in [0.717, 1.165) is 0 Å². The van der Waals surface area contributed by atoms with Gasteiger partial charge in [0.25, 0.3) is 5.91 Å². The maximum absolute atomic E-state index is 13.1. The molecule has 0 saturated carbocycles. The van der Waals surface area contributed by atoms with Gasteiger partial charge in [-0.2, -0.15) is 0 Å². The Bertz CT molecular complexity index is 1200. The normalized spacial score (nSPS) is 12.2. The van der Waals surface area contributed by atoms with Crippen molar-refractivity contribution < 1.29 is 33.8 Å². The summed E-state index contributed by atoms with van der Waals surface area (Å²) in [7, 11) is 0. The second-order valence-electron chi connectivity index (χ2n) is 6.84. The monoisotopic (exact) mass is 545 g/mol. The Kier molecular flexibility index (Phi) is 8.39. The molecule has 0 aliphatic rings. The zero-order valence-electron chi connectivity index (χ0n) is 17.3. The lowest BCUT2D eigenvalue weighted by Gasteiger charge is -2.23. The van der Waals surface area contributed by atoms with E-state index < -0.39 is 36.0 Å². The van der Waals surface area contributed by atoms with Gasteiger partial charge in [-0.3, -0.25) is 4.79 Å². The van der Waals surface area contributed by atoms with E-state index in [1.165, 1.54) is 36.4 Å². The lowest BCUT2D eigenvalue weighted by atomic mass is 10.1. The van der Waals surface area contributed by atoms with Crippen molar-refractivity contribution in [1.29, 1.82) is 0 Å². The molecule has 2 atom stereocenters. The third-order valence-corrected chi connectivity index (χ3v) is 5.26. The fourth-order valence-corrected chi connectivity index (χ4v) is 3.53. The van der Waals surface area contributed by atoms with Gasteiger partial charge in [-0.25, -0.2) is 14.4 Å². The van der Waals surface area contributed by atoms with Crippen molar-refractivity contribution in [3.8, 4) is 0 Å². The first-order valence-corrected chi connectivity index (χ1v) is 10.9. The van der Waals surface area contributed by atoms with Crippen molar-refractivity contribution >= 4 is 57.0 Å². The van der Waals surface area contributed by atoms with Crippen molar-refractivity contribution in [3.63, 3.8) is 0 Å². The Balaban J connectivity index is 1.92. The van der Waals surface area contributed by atoms with Gasteiger partial charge >= 0.3 is 17.9 Å². The number of carbonyl (C=O) groups is 4. The SMILES string of the molecule is O=C(O[C@H](C(=O)O)[C@H](OC(=O)c1ccccc1)C(=O)Nc1ccc(Br)cc1Cl)c1ccccc1. The number of amides is 1. The molecule has 0 heterocycles. The van der Waals surface area contributed by atoms with Crippen LogP contribution in [0.2, 0.25) is 5.02 Å². The van der Waals surface area contributed by atoms with E-state index in [9.17, 15) is 24.3 Å². The number of benzene rings is 3. The molecule has 0 saturated heterocycles. The summed E-state index contributed by atoms with van der Waals surface area (Å²) in [4.78, 5) is 50.2. The van der Waals surface area contributed by atoms with Crippen molar-refractivity contribution in [2.24, 2.45) is 0 Å². The van der Waals surface area contributed by atoms with E-state index in [1.54, 1.807) is 42.5 Å². The lowest BCUT2D eigenvalue weighted by Crippen LogP contribution is -2.48. The van der Waals surface area contributed by atoms with Gasteiger partial charge in [-0.15, -0.1) is 0 Å². The minimum atomic E-state index is -2.14. The van der Waals surface area contributed by atoms with E-state index in [1.807, 2.05) is 0 Å². The molecule has 0 bridgehead atoms. The summed E-state index contributed by atoms with van der Waals surface area (Å²) in [6.45, 7) is 0. The number of carboxylic acids is 1. The molecule has 8 nitrogen and oxygen atoms in total. The van der Waals surface area contributed by atoms with Crippen LogP contribution in [0, 0.1) is 0 Å². The first-order valence-electron chi connectivity index (χ1n) is 9.77. The van der Waals surface area contributed by atoms with Crippen LogP contribution in [-0.4, -0.2) is 41.1 Å². The van der Waals surface area contributed by atoms with E-state index in [2.05, 4.69) is 21.2 Å². The van der Waals surface area contributed by atoms with Gasteiger partial charge < -0.3 is 19.9 Å². The zero-order valence-corrected chi connectivity index (χ0v) is 19.7. The van der Waals surface area contributed by atoms with Gasteiger partial charge in [0.2, 0.25) is 12.2 Å². The first kappa shape index (κ1) is 24.9. The molecule has 1 amide bonds. The lowest BCUT2D eigenvalue weighted by molar-refractivity contribution is -0.157. The number of hydrogen-bond acceptors (Lipinski definition) is 6. The number of ether oxygens (including phenoxy) is 2. The number of aliphatic carboxylic acids is 1. The molecular weight excluding hydrogens is 530 g/mol. The van der Waals surface area contributed by atoms with Crippen LogP contribution in [0.25, 0.3) is 0 Å². The number of nitrogens with one attached hydrogen (secondary N) is 1. The average molecular weight is 547 g/mol. The van der Waals surface area contributed by atoms with Crippen LogP contribution in [0.15, 0.2) is 83.3 Å². The summed E-state index contributed by atoms with van der Waals surface area (Å²) in [5.41, 5.74) is 0.257. The van der Waals surface area contributed by atoms with Crippen LogP contribution in [-0.2, 0) is 19.1 Å². The second-order valence-corrected chi connectivity index (χ2v) is 8.16. The summed E-state index contributed by atoms with van der Waals surface area (Å²) >= 11 is 9.37. The maximum atomic E-state index is 13.1. The molecule has 34 heavy (non-hydrogen) atoms. The highest BCUT2D eigenvalue weighted by Gasteiger charge is 2.41. The molecule has 0 spiro atoms. The van der Waals surface area contributed by atoms with Crippen molar-refractivity contribution in [3.05, 3.63) is 99.5 Å². The van der Waals surface area contributed by atoms with Crippen LogP contribution in [0.1, 0.15) is 20.7 Å². The molecule has 0 radical (unpaired) electrons. The number of hydrogen-bond donors (Lipinski definition) is 2. The van der Waals surface area contributed by atoms with Gasteiger partial charge in [0, 0.05) is 4.47 Å². The molecule has 0 fully saturated rings. The highest BCUT2D eigenvalue weighted by atomic mass is 79.9. The average Bonchev–Trinajstić information content (AvgIpc) is 2.83. The predicted octanol–water partition coefficient (Wildman–Crippen LogP) is 4.58. The molecule has 3 rings (SSSR count). The van der Waals surface area contributed by atoms with Crippen LogP contribution in [0.3, 0.4) is 0 Å². The molecule has 0 aromatic heterocycles. The Labute approximate surface area is 207 Å². The largest absolute Gasteiger partial charge is 0.478 e. The third-order valence-electron chi connectivity index (χ3n) is 4.45. The van der Waals surface area contributed by atoms with Gasteiger partial charge in [0.05, 0.1) is 21.8 Å². The Morgan fingerprint density at radius 2 is 1.29 bits per heavy atom. The Morgan fingerprint density at radius 1 is 0.794 bits per heavy atom. The first-order chi connectivity index (χ1) is 16.3. The Hall–Kier alpha value is -3.69. The number of rotatable bonds is 8. The summed E-state index contributed by atoms with van der Waals surface area (Å²) in [6.07, 6.45) is -4.17. The number of anilines is 1. The third kappa shape index (κ3) is 6.43. The number of halogens is 2. The molecule has 3 aromatic rings. The summed E-state index contributed by atoms with van der Waals surface area (Å²) < 4.78 is 11.0. The van der Waals surface area contributed by atoms with Crippen LogP contribution >= 0.6 is 27.5 Å². The number of esters is 2. The fourth-order valence-electron chi connectivity index (χ4n) is 2.80. The van der Waals surface area contributed by atoms with E-state index in [0.29, 0.717) is 4.47 Å². The predicted molar refractivity (Wildman–Crippen MR) is 127 cm³/mol. The molecule has 174 valence electrons. The van der Waals surface area contributed by atoms with Crippen LogP contribution in [0.4, 0.5) is 5.69 Å². The van der Waals surface area contributed by atoms with Crippen LogP contribution < -0.4 is 5.32 Å². The standard InChI is InChI=1S/C24H17BrClNO7/c25-16-11-12-18(17(26)13-16)27-21(28)19(33-23(31)14-7-3-1-4-8-14)20(22(29)30)34-24(32)15-9-5-2-6-10-15/h1-13,19-20H,(H,27,28)(H,29,30)/t19-,20-/m0/s1. The Morgan fingerprint density at radius 3 is 1.76 bits per heavy atom. The van der Waals surface area contributed by atoms with Gasteiger partial charge in [-0.1, -0.05) is 63.9 Å². The minimum Gasteiger partial charge on any atom is -0.478 e. The van der Waals surface area contributed by atoms with Gasteiger partial charge in [-0.05, 0) is 42.5 Å². The molecule has 0 aliphatic carbocycles. The van der Waals surface area contributed by atoms with Crippen molar-refractivity contribution in [1.82, 2.24) is 0 Å². The van der Waals surface area contributed by atoms with Gasteiger partial charge in [0.1, 0.15) is 0 Å². The van der Waals surface area contributed by atoms with Crippen molar-refractivity contribution in [2.75, 3.05) is 5.32 Å². The molecule has 10 heteroatoms. The molecule has 0 unspecified atom stereocenters. The highest BCUT2D eigenvalue weighted by molar-refractivity contribution is 9.10. The quantitative estimate of drug-likeness (QED) is 0.397. The number of carboxylic acid groups (broad SMARTS) is 1. The van der Waals surface area contributed by atoms with E-state index >= 15 is 0 Å². The molecule has 2 N–H and O–H groups in total. The smallest absolute Gasteiger partial charge is 0.349 e. The van der Waals surface area contributed by atoms with E-state index in [4.69, 9.17) is 21.1 Å². The summed E-state index contributed by atoms with van der Waals surface area (Å²) in [5.74, 6) is -4.73.